The van der Waals surface area contributed by atoms with Crippen molar-refractivity contribution in [2.45, 2.75) is 81.0 Å². The maximum atomic E-state index is 13.2. The van der Waals surface area contributed by atoms with E-state index < -0.39 is 85.0 Å². The van der Waals surface area contributed by atoms with Crippen LogP contribution in [0.3, 0.4) is 0 Å². The fraction of sp³-hybridized carbons (Fsp3) is 0.696. The van der Waals surface area contributed by atoms with Crippen molar-refractivity contribution in [1.29, 1.82) is 0 Å². The van der Waals surface area contributed by atoms with Crippen molar-refractivity contribution in [3.63, 3.8) is 0 Å². The zero-order chi connectivity index (χ0) is 28.6. The van der Waals surface area contributed by atoms with Crippen LogP contribution in [0.4, 0.5) is 13.2 Å². The highest BCUT2D eigenvalue weighted by molar-refractivity contribution is 8.76. The number of hydrogen-bond acceptors (Lipinski definition) is 9. The van der Waals surface area contributed by atoms with E-state index in [1.165, 1.54) is 27.7 Å². The molecule has 1 aliphatic carbocycles. The summed E-state index contributed by atoms with van der Waals surface area (Å²) in [6, 6.07) is -2.46. The van der Waals surface area contributed by atoms with Gasteiger partial charge >= 0.3 is 12.1 Å². The highest BCUT2D eigenvalue weighted by atomic mass is 33.1. The van der Waals surface area contributed by atoms with Gasteiger partial charge in [-0.05, 0) is 31.8 Å². The topological polar surface area (TPSA) is 163 Å². The van der Waals surface area contributed by atoms with Crippen molar-refractivity contribution in [2.75, 3.05) is 18.1 Å². The van der Waals surface area contributed by atoms with Gasteiger partial charge in [0.15, 0.2) is 0 Å². The van der Waals surface area contributed by atoms with Crippen LogP contribution >= 0.6 is 21.6 Å². The number of aliphatic hydroxyl groups is 1. The summed E-state index contributed by atoms with van der Waals surface area (Å²) in [5.41, 5.74) is -1.05. The van der Waals surface area contributed by atoms with Gasteiger partial charge in [0, 0.05) is 17.9 Å². The van der Waals surface area contributed by atoms with Crippen molar-refractivity contribution in [2.24, 2.45) is 0 Å². The van der Waals surface area contributed by atoms with Crippen LogP contribution in [0.5, 0.6) is 0 Å². The fourth-order valence-electron chi connectivity index (χ4n) is 3.99. The SMILES string of the molecule is O=C(CC[C@H]1NC(=O)C[C@H]2/C=C/CCSSC[C@@H](NC1=O)C(=O)NC1(CC1)C(O)CC(=O)O2)NCC(F)(F)F. The van der Waals surface area contributed by atoms with Crippen molar-refractivity contribution in [3.8, 4) is 0 Å². The first-order valence-corrected chi connectivity index (χ1v) is 14.9. The second-order valence-electron chi connectivity index (χ2n) is 9.53. The molecule has 3 rings (SSSR count). The molecule has 218 valence electrons. The van der Waals surface area contributed by atoms with Gasteiger partial charge in [0.2, 0.25) is 23.6 Å². The Kier molecular flexibility index (Phi) is 11.0. The Hall–Kier alpha value is -2.46. The summed E-state index contributed by atoms with van der Waals surface area (Å²) in [4.78, 5) is 63.7. The summed E-state index contributed by atoms with van der Waals surface area (Å²) in [5.74, 6) is -3.12. The first kappa shape index (κ1) is 31.1. The molecule has 2 aliphatic heterocycles. The molecule has 39 heavy (non-hydrogen) atoms. The molecule has 2 heterocycles. The molecule has 5 N–H and O–H groups in total. The molecule has 3 aliphatic rings. The third-order valence-corrected chi connectivity index (χ3v) is 8.74. The van der Waals surface area contributed by atoms with Crippen LogP contribution in [-0.2, 0) is 28.7 Å². The van der Waals surface area contributed by atoms with Crippen molar-refractivity contribution < 1.29 is 47.0 Å². The van der Waals surface area contributed by atoms with Gasteiger partial charge in [0.1, 0.15) is 24.7 Å². The Bertz CT molecular complexity index is 978. The van der Waals surface area contributed by atoms with E-state index in [-0.39, 0.29) is 18.6 Å². The molecular weight excluding hydrogens is 565 g/mol. The number of carbonyl (C=O) groups is 5. The number of halogens is 3. The third kappa shape index (κ3) is 10.2. The third-order valence-electron chi connectivity index (χ3n) is 6.30. The maximum Gasteiger partial charge on any atom is 0.405 e. The minimum absolute atomic E-state index is 0.134. The first-order valence-electron chi connectivity index (χ1n) is 12.4. The predicted octanol–water partition coefficient (Wildman–Crippen LogP) is 0.471. The molecule has 0 aromatic heterocycles. The van der Waals surface area contributed by atoms with Crippen LogP contribution in [0.2, 0.25) is 0 Å². The Balaban J connectivity index is 1.86. The van der Waals surface area contributed by atoms with Gasteiger partial charge in [-0.25, -0.2) is 0 Å². The molecule has 0 aromatic carbocycles. The van der Waals surface area contributed by atoms with Gasteiger partial charge in [0.05, 0.1) is 24.5 Å². The number of rotatable bonds is 4. The van der Waals surface area contributed by atoms with Crippen molar-refractivity contribution >= 4 is 51.2 Å². The molecule has 16 heteroatoms. The average molecular weight is 597 g/mol. The number of allylic oxidation sites excluding steroid dienone is 1. The Morgan fingerprint density at radius 2 is 1.87 bits per heavy atom. The lowest BCUT2D eigenvalue weighted by Gasteiger charge is -2.27. The van der Waals surface area contributed by atoms with Gasteiger partial charge in [0.25, 0.3) is 0 Å². The Morgan fingerprint density at radius 3 is 2.56 bits per heavy atom. The molecule has 2 fully saturated rings. The lowest BCUT2D eigenvalue weighted by Crippen LogP contribution is -2.58. The minimum Gasteiger partial charge on any atom is -0.457 e. The summed E-state index contributed by atoms with van der Waals surface area (Å²) < 4.78 is 42.7. The van der Waals surface area contributed by atoms with Gasteiger partial charge in [-0.2, -0.15) is 13.2 Å². The van der Waals surface area contributed by atoms with E-state index in [4.69, 9.17) is 4.74 Å². The van der Waals surface area contributed by atoms with Crippen LogP contribution in [-0.4, -0.2) is 88.8 Å². The molecule has 11 nitrogen and oxygen atoms in total. The zero-order valence-corrected chi connectivity index (χ0v) is 22.5. The predicted molar refractivity (Wildman–Crippen MR) is 136 cm³/mol. The number of fused-ring (bicyclic) bond motifs is 7. The number of alkyl halides is 3. The molecule has 1 saturated heterocycles. The average Bonchev–Trinajstić information content (AvgIpc) is 3.62. The van der Waals surface area contributed by atoms with E-state index in [1.807, 2.05) is 0 Å². The summed E-state index contributed by atoms with van der Waals surface area (Å²) in [6.07, 6.45) is -3.86. The number of hydrogen-bond donors (Lipinski definition) is 5. The second-order valence-corrected chi connectivity index (χ2v) is 12.2. The first-order chi connectivity index (χ1) is 18.4. The van der Waals surface area contributed by atoms with E-state index in [1.54, 1.807) is 11.4 Å². The molecule has 4 amide bonds. The molecular formula is C23H31F3N4O7S2. The van der Waals surface area contributed by atoms with E-state index in [2.05, 4.69) is 16.0 Å². The van der Waals surface area contributed by atoms with E-state index >= 15 is 0 Å². The smallest absolute Gasteiger partial charge is 0.405 e. The number of ether oxygens (including phenoxy) is 1. The molecule has 0 radical (unpaired) electrons. The molecule has 4 atom stereocenters. The van der Waals surface area contributed by atoms with Gasteiger partial charge in [-0.1, -0.05) is 27.7 Å². The number of nitrogens with one attached hydrogen (secondary N) is 4. The second kappa shape index (κ2) is 13.7. The summed E-state index contributed by atoms with van der Waals surface area (Å²) in [5, 5.41) is 20.2. The van der Waals surface area contributed by atoms with Gasteiger partial charge in [-0.3, -0.25) is 24.0 Å². The van der Waals surface area contributed by atoms with E-state index in [0.29, 0.717) is 25.0 Å². The number of aliphatic hydroxyl groups excluding tert-OH is 1. The molecule has 0 aromatic rings. The van der Waals surface area contributed by atoms with Gasteiger partial charge in [-0.15, -0.1) is 0 Å². The largest absolute Gasteiger partial charge is 0.457 e. The quantitative estimate of drug-likeness (QED) is 0.176. The molecule has 1 unspecified atom stereocenters. The molecule has 1 spiro atoms. The lowest BCUT2D eigenvalue weighted by molar-refractivity contribution is -0.151. The van der Waals surface area contributed by atoms with Gasteiger partial charge < -0.3 is 31.1 Å². The number of amides is 4. The van der Waals surface area contributed by atoms with Crippen LogP contribution < -0.4 is 21.3 Å². The van der Waals surface area contributed by atoms with Crippen LogP contribution in [0.25, 0.3) is 0 Å². The standard InChI is InChI=1S/C23H31F3N4O7S2/c24-23(25,26)12-27-17(32)5-4-14-20(35)29-15-11-39-38-8-2-1-3-13(9-18(33)28-14)37-19(34)10-16(31)22(6-7-22)30-21(15)36/h1,3,13-16,31H,2,4-12H2,(H,27,32)(H,28,33)(H,29,35)(H,30,36)/b3-1+/t13-,14-,15-,16?/m1/s1. The minimum atomic E-state index is -4.61. The number of carbonyl (C=O) groups excluding carboxylic acids is 5. The highest BCUT2D eigenvalue weighted by Crippen LogP contribution is 2.40. The fourth-order valence-corrected chi connectivity index (χ4v) is 6.15. The van der Waals surface area contributed by atoms with Crippen LogP contribution in [0, 0.1) is 0 Å². The van der Waals surface area contributed by atoms with E-state index in [0.717, 1.165) is 0 Å². The molecule has 2 bridgehead atoms. The normalized spacial score (nSPS) is 29.4. The lowest BCUT2D eigenvalue weighted by atomic mass is 10.0. The van der Waals surface area contributed by atoms with Crippen molar-refractivity contribution in [3.05, 3.63) is 12.2 Å². The summed E-state index contributed by atoms with van der Waals surface area (Å²) in [6.45, 7) is -1.54. The Morgan fingerprint density at radius 1 is 1.13 bits per heavy atom. The highest BCUT2D eigenvalue weighted by Gasteiger charge is 2.51. The summed E-state index contributed by atoms with van der Waals surface area (Å²) in [7, 11) is 2.77. The molecule has 1 saturated carbocycles. The Labute approximate surface area is 230 Å². The monoisotopic (exact) mass is 596 g/mol. The number of esters is 1. The van der Waals surface area contributed by atoms with Crippen molar-refractivity contribution in [1.82, 2.24) is 21.3 Å². The summed E-state index contributed by atoms with van der Waals surface area (Å²) >= 11 is 0. The maximum absolute atomic E-state index is 13.2. The zero-order valence-electron chi connectivity index (χ0n) is 20.9. The van der Waals surface area contributed by atoms with Crippen LogP contribution in [0.1, 0.15) is 44.9 Å². The van der Waals surface area contributed by atoms with E-state index in [9.17, 15) is 42.3 Å². The van der Waals surface area contributed by atoms with Crippen LogP contribution in [0.15, 0.2) is 12.2 Å².